The molecule has 1 saturated heterocycles. The van der Waals surface area contributed by atoms with E-state index in [0.717, 1.165) is 32.2 Å². The molecule has 1 heterocycles. The predicted molar refractivity (Wildman–Crippen MR) is 71.3 cm³/mol. The number of rotatable bonds is 2. The zero-order chi connectivity index (χ0) is 12.5. The molecule has 1 N–H and O–H groups in total. The number of fused-ring (bicyclic) bond motifs is 1. The van der Waals surface area contributed by atoms with Gasteiger partial charge in [0, 0.05) is 0 Å². The monoisotopic (exact) mass is 244 g/mol. The molecule has 3 heteroatoms. The minimum Gasteiger partial charge on any atom is -0.348 e. The van der Waals surface area contributed by atoms with Gasteiger partial charge in [0.2, 0.25) is 5.91 Å². The van der Waals surface area contributed by atoms with Crippen molar-refractivity contribution in [2.75, 3.05) is 13.6 Å². The lowest BCUT2D eigenvalue weighted by molar-refractivity contribution is -0.125. The molecule has 0 radical (unpaired) electrons. The molecular weight excluding hydrogens is 224 g/mol. The van der Waals surface area contributed by atoms with Crippen molar-refractivity contribution >= 4 is 5.91 Å². The van der Waals surface area contributed by atoms with Crippen molar-refractivity contribution in [3.05, 3.63) is 35.4 Å². The average molecular weight is 244 g/mol. The second-order valence-corrected chi connectivity index (χ2v) is 5.44. The zero-order valence-electron chi connectivity index (χ0n) is 10.9. The first-order valence-electron chi connectivity index (χ1n) is 6.84. The maximum absolute atomic E-state index is 12.3. The Kier molecular flexibility index (Phi) is 3.08. The minimum atomic E-state index is 0.0813. The molecule has 96 valence electrons. The highest BCUT2D eigenvalue weighted by Crippen LogP contribution is 2.31. The van der Waals surface area contributed by atoms with Crippen molar-refractivity contribution in [3.63, 3.8) is 0 Å². The molecule has 3 nitrogen and oxygen atoms in total. The highest BCUT2D eigenvalue weighted by Gasteiger charge is 2.31. The van der Waals surface area contributed by atoms with E-state index in [9.17, 15) is 4.79 Å². The fourth-order valence-electron chi connectivity index (χ4n) is 3.22. The van der Waals surface area contributed by atoms with Crippen molar-refractivity contribution in [3.8, 4) is 0 Å². The number of likely N-dealkylation sites (tertiary alicyclic amines) is 1. The summed E-state index contributed by atoms with van der Waals surface area (Å²) in [5.74, 6) is 0.205. The quantitative estimate of drug-likeness (QED) is 0.861. The molecule has 1 aliphatic heterocycles. The van der Waals surface area contributed by atoms with Crippen molar-refractivity contribution in [1.29, 1.82) is 0 Å². The summed E-state index contributed by atoms with van der Waals surface area (Å²) in [5, 5.41) is 3.23. The van der Waals surface area contributed by atoms with Crippen LogP contribution in [0.25, 0.3) is 0 Å². The Hall–Kier alpha value is -1.35. The van der Waals surface area contributed by atoms with Crippen molar-refractivity contribution < 1.29 is 4.79 Å². The fraction of sp³-hybridized carbons (Fsp3) is 0.533. The van der Waals surface area contributed by atoms with E-state index in [1.54, 1.807) is 0 Å². The van der Waals surface area contributed by atoms with E-state index in [2.05, 4.69) is 34.5 Å². The first-order valence-corrected chi connectivity index (χ1v) is 6.84. The topological polar surface area (TPSA) is 32.3 Å². The lowest BCUT2D eigenvalue weighted by Gasteiger charge is -2.22. The van der Waals surface area contributed by atoms with Crippen LogP contribution in [0.2, 0.25) is 0 Å². The number of hydrogen-bond donors (Lipinski definition) is 1. The van der Waals surface area contributed by atoms with Gasteiger partial charge in [-0.3, -0.25) is 9.69 Å². The van der Waals surface area contributed by atoms with Gasteiger partial charge >= 0.3 is 0 Å². The fourth-order valence-corrected chi connectivity index (χ4v) is 3.22. The van der Waals surface area contributed by atoms with Crippen molar-refractivity contribution in [1.82, 2.24) is 10.2 Å². The number of carbonyl (C=O) groups is 1. The Morgan fingerprint density at radius 2 is 2.17 bits per heavy atom. The van der Waals surface area contributed by atoms with Crippen LogP contribution in [0.3, 0.4) is 0 Å². The molecule has 2 atom stereocenters. The van der Waals surface area contributed by atoms with Gasteiger partial charge in [0.05, 0.1) is 12.1 Å². The van der Waals surface area contributed by atoms with Crippen LogP contribution < -0.4 is 5.32 Å². The lowest BCUT2D eigenvalue weighted by atomic mass is 10.1. The molecule has 0 saturated carbocycles. The third kappa shape index (κ3) is 2.03. The van der Waals surface area contributed by atoms with Gasteiger partial charge in [0.1, 0.15) is 0 Å². The maximum atomic E-state index is 12.3. The van der Waals surface area contributed by atoms with Gasteiger partial charge in [-0.1, -0.05) is 24.3 Å². The molecule has 1 aromatic carbocycles. The summed E-state index contributed by atoms with van der Waals surface area (Å²) in [6.07, 6.45) is 4.26. The summed E-state index contributed by atoms with van der Waals surface area (Å²) in [6.45, 7) is 1.04. The first kappa shape index (κ1) is 11.7. The van der Waals surface area contributed by atoms with Gasteiger partial charge in [0.15, 0.2) is 0 Å². The van der Waals surface area contributed by atoms with Gasteiger partial charge in [-0.25, -0.2) is 0 Å². The Morgan fingerprint density at radius 1 is 1.33 bits per heavy atom. The van der Waals surface area contributed by atoms with Gasteiger partial charge < -0.3 is 5.32 Å². The molecule has 0 spiro atoms. The number of hydrogen-bond acceptors (Lipinski definition) is 2. The maximum Gasteiger partial charge on any atom is 0.237 e. The molecule has 2 aliphatic rings. The molecule has 1 unspecified atom stereocenters. The summed E-state index contributed by atoms with van der Waals surface area (Å²) in [6, 6.07) is 8.76. The summed E-state index contributed by atoms with van der Waals surface area (Å²) in [7, 11) is 2.04. The number of nitrogens with one attached hydrogen (secondary N) is 1. The van der Waals surface area contributed by atoms with E-state index in [0.29, 0.717) is 0 Å². The number of carbonyl (C=O) groups excluding carboxylic acids is 1. The van der Waals surface area contributed by atoms with E-state index >= 15 is 0 Å². The zero-order valence-corrected chi connectivity index (χ0v) is 10.9. The molecule has 1 aliphatic carbocycles. The molecule has 0 bridgehead atoms. The van der Waals surface area contributed by atoms with Crippen LogP contribution in [-0.4, -0.2) is 30.4 Å². The number of nitrogens with zero attached hydrogens (tertiary/aromatic N) is 1. The Labute approximate surface area is 108 Å². The van der Waals surface area contributed by atoms with E-state index in [4.69, 9.17) is 0 Å². The highest BCUT2D eigenvalue weighted by molar-refractivity contribution is 5.82. The largest absolute Gasteiger partial charge is 0.348 e. The second-order valence-electron chi connectivity index (χ2n) is 5.44. The summed E-state index contributed by atoms with van der Waals surface area (Å²) in [4.78, 5) is 14.4. The number of benzene rings is 1. The molecular formula is C15H20N2O. The predicted octanol–water partition coefficient (Wildman–Crippen LogP) is 1.88. The van der Waals surface area contributed by atoms with Crippen LogP contribution in [0.15, 0.2) is 24.3 Å². The normalized spacial score (nSPS) is 27.2. The Bertz CT molecular complexity index is 458. The van der Waals surface area contributed by atoms with Crippen LogP contribution in [0, 0.1) is 0 Å². The van der Waals surface area contributed by atoms with Crippen LogP contribution >= 0.6 is 0 Å². The van der Waals surface area contributed by atoms with Gasteiger partial charge in [-0.15, -0.1) is 0 Å². The number of amides is 1. The van der Waals surface area contributed by atoms with E-state index in [1.807, 2.05) is 7.05 Å². The van der Waals surface area contributed by atoms with Crippen LogP contribution in [0.4, 0.5) is 0 Å². The molecule has 0 aromatic heterocycles. The van der Waals surface area contributed by atoms with Gasteiger partial charge in [0.25, 0.3) is 0 Å². The van der Waals surface area contributed by atoms with Gasteiger partial charge in [-0.05, 0) is 50.4 Å². The highest BCUT2D eigenvalue weighted by atomic mass is 16.2. The Balaban J connectivity index is 1.69. The molecule has 1 aromatic rings. The van der Waals surface area contributed by atoms with Crippen molar-refractivity contribution in [2.24, 2.45) is 0 Å². The molecule has 1 fully saturated rings. The first-order chi connectivity index (χ1) is 8.75. The van der Waals surface area contributed by atoms with Crippen LogP contribution in [0.5, 0.6) is 0 Å². The standard InChI is InChI=1S/C15H20N2O/c1-17-10-4-7-14(17)15(18)16-13-9-8-11-5-2-3-6-12(11)13/h2-3,5-6,13-14H,4,7-10H2,1H3,(H,16,18)/t13?,14-/m0/s1. The van der Waals surface area contributed by atoms with E-state index in [1.165, 1.54) is 11.1 Å². The smallest absolute Gasteiger partial charge is 0.237 e. The Morgan fingerprint density at radius 3 is 2.94 bits per heavy atom. The minimum absolute atomic E-state index is 0.0813. The third-order valence-corrected chi connectivity index (χ3v) is 4.27. The second kappa shape index (κ2) is 4.73. The van der Waals surface area contributed by atoms with E-state index in [-0.39, 0.29) is 18.0 Å². The molecule has 3 rings (SSSR count). The summed E-state index contributed by atoms with van der Waals surface area (Å²) in [5.41, 5.74) is 2.70. The average Bonchev–Trinajstić information content (AvgIpc) is 2.97. The molecule has 1 amide bonds. The summed E-state index contributed by atoms with van der Waals surface area (Å²) >= 11 is 0. The van der Waals surface area contributed by atoms with Crippen LogP contribution in [-0.2, 0) is 11.2 Å². The van der Waals surface area contributed by atoms with Gasteiger partial charge in [-0.2, -0.15) is 0 Å². The SMILES string of the molecule is CN1CCC[C@H]1C(=O)NC1CCc2ccccc21. The third-order valence-electron chi connectivity index (χ3n) is 4.27. The number of aryl methyl sites for hydroxylation is 1. The van der Waals surface area contributed by atoms with Crippen molar-refractivity contribution in [2.45, 2.75) is 37.8 Å². The summed E-state index contributed by atoms with van der Waals surface area (Å²) < 4.78 is 0. The number of likely N-dealkylation sites (N-methyl/N-ethyl adjacent to an activating group) is 1. The molecule has 18 heavy (non-hydrogen) atoms. The van der Waals surface area contributed by atoms with Crippen LogP contribution in [0.1, 0.15) is 36.4 Å². The van der Waals surface area contributed by atoms with E-state index < -0.39 is 0 Å². The lowest BCUT2D eigenvalue weighted by Crippen LogP contribution is -2.42.